The van der Waals surface area contributed by atoms with E-state index in [0.717, 1.165) is 6.07 Å². The lowest BCUT2D eigenvalue weighted by atomic mass is 10.2. The zero-order chi connectivity index (χ0) is 14.6. The summed E-state index contributed by atoms with van der Waals surface area (Å²) in [6, 6.07) is 2.40. The van der Waals surface area contributed by atoms with Crippen LogP contribution in [0.1, 0.15) is 25.3 Å². The molecule has 0 fully saturated rings. The number of hydrogen-bond acceptors (Lipinski definition) is 3. The topological polar surface area (TPSA) is 83.5 Å². The molecule has 0 aliphatic heterocycles. The smallest absolute Gasteiger partial charge is 0.321 e. The Bertz CT molecular complexity index is 571. The predicted octanol–water partition coefficient (Wildman–Crippen LogP) is 1.67. The summed E-state index contributed by atoms with van der Waals surface area (Å²) < 4.78 is 39.5. The third kappa shape index (κ3) is 4.00. The summed E-state index contributed by atoms with van der Waals surface area (Å²) in [5, 5.41) is 8.92. The Morgan fingerprint density at radius 3 is 2.63 bits per heavy atom. The van der Waals surface area contributed by atoms with Crippen LogP contribution in [0.2, 0.25) is 0 Å². The van der Waals surface area contributed by atoms with Crippen molar-refractivity contribution in [1.29, 1.82) is 0 Å². The van der Waals surface area contributed by atoms with Crippen molar-refractivity contribution in [1.82, 2.24) is 4.72 Å². The van der Waals surface area contributed by atoms with Gasteiger partial charge in [0.05, 0.1) is 0 Å². The van der Waals surface area contributed by atoms with Crippen LogP contribution in [-0.2, 0) is 14.8 Å². The highest BCUT2D eigenvalue weighted by Gasteiger charge is 2.26. The standard InChI is InChI=1S/C12H16FNO4S/c1-3-4-10(12(15)16)14-19(17,18)11-7-8(2)5-6-9(11)13/h5-7,10,14H,3-4H2,1-2H3,(H,15,16)/t10-/m1/s1. The molecule has 0 unspecified atom stereocenters. The number of aryl methyl sites for hydroxylation is 1. The van der Waals surface area contributed by atoms with Gasteiger partial charge in [-0.1, -0.05) is 19.4 Å². The Hall–Kier alpha value is -1.47. The normalized spacial score (nSPS) is 13.2. The Labute approximate surface area is 111 Å². The van der Waals surface area contributed by atoms with Gasteiger partial charge in [0, 0.05) is 0 Å². The lowest BCUT2D eigenvalue weighted by molar-refractivity contribution is -0.139. The molecule has 106 valence electrons. The van der Waals surface area contributed by atoms with E-state index in [9.17, 15) is 17.6 Å². The molecule has 1 aromatic carbocycles. The third-order valence-corrected chi connectivity index (χ3v) is 4.04. The van der Waals surface area contributed by atoms with Gasteiger partial charge in [0.2, 0.25) is 10.0 Å². The minimum atomic E-state index is -4.19. The van der Waals surface area contributed by atoms with Crippen molar-refractivity contribution in [2.45, 2.75) is 37.6 Å². The maximum atomic E-state index is 13.5. The maximum absolute atomic E-state index is 13.5. The molecule has 0 heterocycles. The first-order valence-electron chi connectivity index (χ1n) is 5.79. The molecule has 0 spiro atoms. The van der Waals surface area contributed by atoms with Crippen LogP contribution in [0.15, 0.2) is 23.1 Å². The zero-order valence-electron chi connectivity index (χ0n) is 10.7. The molecule has 5 nitrogen and oxygen atoms in total. The summed E-state index contributed by atoms with van der Waals surface area (Å²) in [5.41, 5.74) is 0.573. The van der Waals surface area contributed by atoms with Crippen LogP contribution < -0.4 is 4.72 Å². The van der Waals surface area contributed by atoms with Gasteiger partial charge in [0.1, 0.15) is 16.8 Å². The molecule has 0 aromatic heterocycles. The molecule has 0 radical (unpaired) electrons. The molecular formula is C12H16FNO4S. The number of nitrogens with one attached hydrogen (secondary N) is 1. The van der Waals surface area contributed by atoms with E-state index < -0.39 is 32.7 Å². The zero-order valence-corrected chi connectivity index (χ0v) is 11.5. The lowest BCUT2D eigenvalue weighted by Gasteiger charge is -2.14. The largest absolute Gasteiger partial charge is 0.480 e. The van der Waals surface area contributed by atoms with Gasteiger partial charge in [-0.05, 0) is 31.0 Å². The number of carbonyl (C=O) groups is 1. The number of carboxylic acid groups (broad SMARTS) is 1. The summed E-state index contributed by atoms with van der Waals surface area (Å²) in [6.07, 6.45) is 0.637. The molecule has 2 N–H and O–H groups in total. The van der Waals surface area contributed by atoms with Crippen LogP contribution in [0, 0.1) is 12.7 Å². The van der Waals surface area contributed by atoms with Gasteiger partial charge in [0.15, 0.2) is 0 Å². The molecule has 1 aromatic rings. The number of rotatable bonds is 6. The molecule has 0 aliphatic carbocycles. The van der Waals surface area contributed by atoms with Gasteiger partial charge >= 0.3 is 5.97 Å². The Balaban J connectivity index is 3.10. The summed E-state index contributed by atoms with van der Waals surface area (Å²) in [5.74, 6) is -2.18. The monoisotopic (exact) mass is 289 g/mol. The van der Waals surface area contributed by atoms with E-state index in [-0.39, 0.29) is 6.42 Å². The fourth-order valence-corrected chi connectivity index (χ4v) is 2.97. The Kier molecular flexibility index (Phi) is 5.02. The second-order valence-corrected chi connectivity index (χ2v) is 5.92. The fraction of sp³-hybridized carbons (Fsp3) is 0.417. The van der Waals surface area contributed by atoms with E-state index in [0.29, 0.717) is 12.0 Å². The molecular weight excluding hydrogens is 273 g/mol. The average Bonchev–Trinajstić information content (AvgIpc) is 2.31. The van der Waals surface area contributed by atoms with Crippen molar-refractivity contribution in [3.05, 3.63) is 29.6 Å². The molecule has 0 amide bonds. The number of aliphatic carboxylic acids is 1. The van der Waals surface area contributed by atoms with E-state index in [1.165, 1.54) is 12.1 Å². The Morgan fingerprint density at radius 1 is 1.47 bits per heavy atom. The quantitative estimate of drug-likeness (QED) is 0.834. The predicted molar refractivity (Wildman–Crippen MR) is 67.8 cm³/mol. The van der Waals surface area contributed by atoms with E-state index in [1.807, 2.05) is 4.72 Å². The van der Waals surface area contributed by atoms with Gasteiger partial charge in [0.25, 0.3) is 0 Å². The molecule has 0 saturated heterocycles. The van der Waals surface area contributed by atoms with Gasteiger partial charge in [-0.15, -0.1) is 0 Å². The van der Waals surface area contributed by atoms with E-state index in [4.69, 9.17) is 5.11 Å². The van der Waals surface area contributed by atoms with Crippen LogP contribution in [0.3, 0.4) is 0 Å². The first kappa shape index (κ1) is 15.6. The molecule has 1 atom stereocenters. The fourth-order valence-electron chi connectivity index (χ4n) is 1.59. The van der Waals surface area contributed by atoms with E-state index in [2.05, 4.69) is 0 Å². The highest BCUT2D eigenvalue weighted by molar-refractivity contribution is 7.89. The minimum Gasteiger partial charge on any atom is -0.480 e. The highest BCUT2D eigenvalue weighted by Crippen LogP contribution is 2.17. The van der Waals surface area contributed by atoms with Crippen molar-refractivity contribution in [3.8, 4) is 0 Å². The van der Waals surface area contributed by atoms with Crippen LogP contribution in [0.25, 0.3) is 0 Å². The second kappa shape index (κ2) is 6.12. The summed E-state index contributed by atoms with van der Waals surface area (Å²) in [6.45, 7) is 3.36. The molecule has 0 saturated carbocycles. The lowest BCUT2D eigenvalue weighted by Crippen LogP contribution is -2.40. The number of hydrogen-bond donors (Lipinski definition) is 2. The van der Waals surface area contributed by atoms with Crippen LogP contribution in [0.4, 0.5) is 4.39 Å². The van der Waals surface area contributed by atoms with Gasteiger partial charge < -0.3 is 5.11 Å². The highest BCUT2D eigenvalue weighted by atomic mass is 32.2. The van der Waals surface area contributed by atoms with Gasteiger partial charge in [-0.25, -0.2) is 12.8 Å². The van der Waals surface area contributed by atoms with Crippen LogP contribution in [-0.4, -0.2) is 25.5 Å². The van der Waals surface area contributed by atoms with Crippen LogP contribution >= 0.6 is 0 Å². The average molecular weight is 289 g/mol. The molecule has 0 aliphatic rings. The van der Waals surface area contributed by atoms with Crippen molar-refractivity contribution in [2.75, 3.05) is 0 Å². The van der Waals surface area contributed by atoms with E-state index in [1.54, 1.807) is 13.8 Å². The third-order valence-electron chi connectivity index (χ3n) is 2.55. The van der Waals surface area contributed by atoms with Gasteiger partial charge in [-0.2, -0.15) is 4.72 Å². The Morgan fingerprint density at radius 2 is 2.11 bits per heavy atom. The summed E-state index contributed by atoms with van der Waals surface area (Å²) in [4.78, 5) is 10.4. The summed E-state index contributed by atoms with van der Waals surface area (Å²) in [7, 11) is -4.19. The van der Waals surface area contributed by atoms with Crippen molar-refractivity contribution in [2.24, 2.45) is 0 Å². The minimum absolute atomic E-state index is 0.141. The van der Waals surface area contributed by atoms with Crippen molar-refractivity contribution in [3.63, 3.8) is 0 Å². The number of halogens is 1. The second-order valence-electron chi connectivity index (χ2n) is 4.23. The first-order valence-corrected chi connectivity index (χ1v) is 7.27. The van der Waals surface area contributed by atoms with Crippen molar-refractivity contribution < 1.29 is 22.7 Å². The van der Waals surface area contributed by atoms with Gasteiger partial charge in [-0.3, -0.25) is 4.79 Å². The molecule has 0 bridgehead atoms. The SMILES string of the molecule is CCC[C@@H](NS(=O)(=O)c1cc(C)ccc1F)C(=O)O. The van der Waals surface area contributed by atoms with E-state index >= 15 is 0 Å². The number of sulfonamides is 1. The number of carboxylic acids is 1. The van der Waals surface area contributed by atoms with Crippen LogP contribution in [0.5, 0.6) is 0 Å². The molecule has 1 rings (SSSR count). The maximum Gasteiger partial charge on any atom is 0.321 e. The number of benzene rings is 1. The molecule has 7 heteroatoms. The summed E-state index contributed by atoms with van der Waals surface area (Å²) >= 11 is 0. The van der Waals surface area contributed by atoms with Crippen molar-refractivity contribution >= 4 is 16.0 Å². The first-order chi connectivity index (χ1) is 8.77. The molecule has 19 heavy (non-hydrogen) atoms.